The molecule has 2 fully saturated rings. The van der Waals surface area contributed by atoms with Gasteiger partial charge in [0.15, 0.2) is 6.10 Å². The fraction of sp³-hybridized carbons (Fsp3) is 0.154. The number of carbonyl (C=O) groups excluding carboxylic acids is 2. The minimum atomic E-state index is -0.867. The molecule has 0 aliphatic carbocycles. The van der Waals surface area contributed by atoms with E-state index in [1.807, 2.05) is 84.9 Å². The molecule has 2 aliphatic heterocycles. The average molecular weight is 426 g/mol. The van der Waals surface area contributed by atoms with Crippen molar-refractivity contribution in [3.8, 4) is 5.75 Å². The number of rotatable bonds is 5. The van der Waals surface area contributed by atoms with Crippen molar-refractivity contribution in [2.24, 2.45) is 5.92 Å². The summed E-state index contributed by atoms with van der Waals surface area (Å²) in [7, 11) is 1.62. The van der Waals surface area contributed by atoms with Crippen LogP contribution in [0, 0.1) is 5.92 Å². The van der Waals surface area contributed by atoms with Crippen LogP contribution in [-0.2, 0) is 14.4 Å². The number of ether oxygens (including phenoxy) is 1. The van der Waals surface area contributed by atoms with Crippen LogP contribution < -0.4 is 14.7 Å². The van der Waals surface area contributed by atoms with Crippen LogP contribution in [0.2, 0.25) is 0 Å². The van der Waals surface area contributed by atoms with Crippen molar-refractivity contribution in [2.75, 3.05) is 17.1 Å². The van der Waals surface area contributed by atoms with Crippen molar-refractivity contribution in [3.05, 3.63) is 96.6 Å². The molecule has 160 valence electrons. The third-order valence-electron chi connectivity index (χ3n) is 5.79. The first-order valence-corrected chi connectivity index (χ1v) is 10.4. The van der Waals surface area contributed by atoms with E-state index in [4.69, 9.17) is 9.57 Å². The molecule has 0 aromatic heterocycles. The largest absolute Gasteiger partial charge is 0.497 e. The molecule has 3 atom stereocenters. The van der Waals surface area contributed by atoms with E-state index >= 15 is 0 Å². The molecule has 5 rings (SSSR count). The normalized spacial score (nSPS) is 22.6. The number of anilines is 2. The van der Waals surface area contributed by atoms with Gasteiger partial charge < -0.3 is 4.74 Å². The molecule has 3 aromatic rings. The summed E-state index contributed by atoms with van der Waals surface area (Å²) in [6.07, 6.45) is 3.00. The molecule has 0 saturated carbocycles. The summed E-state index contributed by atoms with van der Waals surface area (Å²) in [6, 6.07) is 25.7. The van der Waals surface area contributed by atoms with E-state index in [0.29, 0.717) is 5.69 Å². The number of imide groups is 1. The van der Waals surface area contributed by atoms with Gasteiger partial charge in [0.05, 0.1) is 24.5 Å². The Balaban J connectivity index is 1.50. The zero-order valence-corrected chi connectivity index (χ0v) is 17.5. The van der Waals surface area contributed by atoms with Gasteiger partial charge in [-0.1, -0.05) is 60.7 Å². The van der Waals surface area contributed by atoms with Crippen LogP contribution in [0.25, 0.3) is 6.08 Å². The molecule has 2 saturated heterocycles. The molecule has 1 unspecified atom stereocenters. The van der Waals surface area contributed by atoms with Gasteiger partial charge in [-0.3, -0.25) is 14.4 Å². The summed E-state index contributed by atoms with van der Waals surface area (Å²) in [5, 5.41) is 1.67. The molecule has 6 nitrogen and oxygen atoms in total. The number of amides is 2. The predicted molar refractivity (Wildman–Crippen MR) is 122 cm³/mol. The number of hydrogen-bond acceptors (Lipinski definition) is 5. The molecule has 6 heteroatoms. The van der Waals surface area contributed by atoms with Crippen molar-refractivity contribution in [1.29, 1.82) is 0 Å². The second-order valence-electron chi connectivity index (χ2n) is 7.68. The van der Waals surface area contributed by atoms with Gasteiger partial charge in [-0.15, -0.1) is 0 Å². The lowest BCUT2D eigenvalue weighted by atomic mass is 9.95. The van der Waals surface area contributed by atoms with Gasteiger partial charge in [0.25, 0.3) is 5.91 Å². The summed E-state index contributed by atoms with van der Waals surface area (Å²) in [4.78, 5) is 33.9. The fourth-order valence-electron chi connectivity index (χ4n) is 4.20. The van der Waals surface area contributed by atoms with Crippen LogP contribution in [-0.4, -0.2) is 31.1 Å². The minimum Gasteiger partial charge on any atom is -0.497 e. The van der Waals surface area contributed by atoms with Gasteiger partial charge in [0, 0.05) is 0 Å². The number of methoxy groups -OCH3 is 1. The first-order valence-electron chi connectivity index (χ1n) is 10.4. The first kappa shape index (κ1) is 20.0. The summed E-state index contributed by atoms with van der Waals surface area (Å²) < 4.78 is 5.22. The van der Waals surface area contributed by atoms with Gasteiger partial charge >= 0.3 is 0 Å². The number of hydroxylamine groups is 1. The van der Waals surface area contributed by atoms with Crippen LogP contribution in [0.1, 0.15) is 5.56 Å². The molecule has 3 aromatic carbocycles. The molecule has 0 N–H and O–H groups in total. The van der Waals surface area contributed by atoms with Gasteiger partial charge in [0.2, 0.25) is 5.91 Å². The summed E-state index contributed by atoms with van der Waals surface area (Å²) in [6.45, 7) is 0. The second kappa shape index (κ2) is 8.32. The first-order chi connectivity index (χ1) is 15.7. The van der Waals surface area contributed by atoms with Crippen molar-refractivity contribution < 1.29 is 19.2 Å². The minimum absolute atomic E-state index is 0.256. The average Bonchev–Trinajstić information content (AvgIpc) is 3.34. The van der Waals surface area contributed by atoms with Crippen LogP contribution in [0.5, 0.6) is 5.75 Å². The molecule has 2 amide bonds. The van der Waals surface area contributed by atoms with E-state index in [1.165, 1.54) is 4.90 Å². The van der Waals surface area contributed by atoms with Gasteiger partial charge in [-0.25, -0.2) is 9.96 Å². The molecular formula is C26H22N2O4. The smallest absolute Gasteiger partial charge is 0.266 e. The maximum atomic E-state index is 13.4. The predicted octanol–water partition coefficient (Wildman–Crippen LogP) is 4.09. The van der Waals surface area contributed by atoms with Gasteiger partial charge in [0.1, 0.15) is 11.7 Å². The zero-order chi connectivity index (χ0) is 22.1. The molecule has 2 aliphatic rings. The Kier molecular flexibility index (Phi) is 5.21. The molecule has 0 radical (unpaired) electrons. The lowest BCUT2D eigenvalue weighted by Gasteiger charge is -2.26. The SMILES string of the molecule is COc1ccc(/C=C/C2[C@@H]3C(=O)N(c4ccccc4)C(=O)[C@@H]3ON2c2ccccc2)cc1. The lowest BCUT2D eigenvalue weighted by Crippen LogP contribution is -2.39. The van der Waals surface area contributed by atoms with Crippen LogP contribution >= 0.6 is 0 Å². The maximum absolute atomic E-state index is 13.4. The van der Waals surface area contributed by atoms with E-state index in [2.05, 4.69) is 0 Å². The Morgan fingerprint density at radius 1 is 0.812 bits per heavy atom. The summed E-state index contributed by atoms with van der Waals surface area (Å²) in [5.74, 6) is -0.466. The maximum Gasteiger partial charge on any atom is 0.266 e. The van der Waals surface area contributed by atoms with Gasteiger partial charge in [-0.2, -0.15) is 0 Å². The highest BCUT2D eigenvalue weighted by Gasteiger charge is 2.59. The monoisotopic (exact) mass is 426 g/mol. The van der Waals surface area contributed by atoms with Gasteiger partial charge in [-0.05, 0) is 42.0 Å². The number of benzene rings is 3. The van der Waals surface area contributed by atoms with E-state index in [-0.39, 0.29) is 11.8 Å². The number of carbonyl (C=O) groups is 2. The Bertz CT molecular complexity index is 1150. The summed E-state index contributed by atoms with van der Waals surface area (Å²) >= 11 is 0. The standard InChI is InChI=1S/C26H22N2O4/c1-31-21-15-12-18(13-16-21)14-17-22-23-24(32-28(22)20-10-6-3-7-11-20)26(30)27(25(23)29)19-8-4-2-5-9-19/h2-17,22-24H,1H3/b17-14+/t22?,23-,24+/m0/s1. The Hall–Kier alpha value is -3.90. The van der Waals surface area contributed by atoms with E-state index in [0.717, 1.165) is 17.0 Å². The van der Waals surface area contributed by atoms with E-state index in [9.17, 15) is 9.59 Å². The molecule has 2 heterocycles. The Morgan fingerprint density at radius 3 is 2.06 bits per heavy atom. The Morgan fingerprint density at radius 2 is 1.44 bits per heavy atom. The van der Waals surface area contributed by atoms with Crippen molar-refractivity contribution >= 4 is 29.3 Å². The summed E-state index contributed by atoms with van der Waals surface area (Å²) in [5.41, 5.74) is 2.31. The Labute approximate surface area is 186 Å². The highest BCUT2D eigenvalue weighted by molar-refractivity contribution is 6.24. The zero-order valence-electron chi connectivity index (χ0n) is 17.5. The molecular weight excluding hydrogens is 404 g/mol. The van der Waals surface area contributed by atoms with E-state index < -0.39 is 18.1 Å². The van der Waals surface area contributed by atoms with Crippen molar-refractivity contribution in [2.45, 2.75) is 12.1 Å². The highest BCUT2D eigenvalue weighted by Crippen LogP contribution is 2.41. The quantitative estimate of drug-likeness (QED) is 0.576. The van der Waals surface area contributed by atoms with Crippen molar-refractivity contribution in [1.82, 2.24) is 0 Å². The lowest BCUT2D eigenvalue weighted by molar-refractivity contribution is -0.126. The van der Waals surface area contributed by atoms with E-state index in [1.54, 1.807) is 24.3 Å². The molecule has 32 heavy (non-hydrogen) atoms. The number of hydrogen-bond donors (Lipinski definition) is 0. The number of nitrogens with zero attached hydrogens (tertiary/aromatic N) is 2. The third kappa shape index (κ3) is 3.44. The second-order valence-corrected chi connectivity index (χ2v) is 7.68. The number of para-hydroxylation sites is 2. The third-order valence-corrected chi connectivity index (χ3v) is 5.79. The number of fused-ring (bicyclic) bond motifs is 1. The van der Waals surface area contributed by atoms with Crippen molar-refractivity contribution in [3.63, 3.8) is 0 Å². The van der Waals surface area contributed by atoms with Crippen LogP contribution in [0.15, 0.2) is 91.0 Å². The van der Waals surface area contributed by atoms with Crippen LogP contribution in [0.3, 0.4) is 0 Å². The molecule has 0 spiro atoms. The van der Waals surface area contributed by atoms with Crippen LogP contribution in [0.4, 0.5) is 11.4 Å². The topological polar surface area (TPSA) is 59.1 Å². The molecule has 0 bridgehead atoms. The fourth-order valence-corrected chi connectivity index (χ4v) is 4.20. The highest BCUT2D eigenvalue weighted by atomic mass is 16.7.